The zero-order chi connectivity index (χ0) is 9.71. The molecule has 4 heterocycles. The number of rotatable bonds is 2. The predicted molar refractivity (Wildman–Crippen MR) is 50.8 cm³/mol. The van der Waals surface area contributed by atoms with E-state index in [9.17, 15) is 10.1 Å². The van der Waals surface area contributed by atoms with Crippen LogP contribution in [0, 0.1) is 10.1 Å². The van der Waals surface area contributed by atoms with E-state index in [0.29, 0.717) is 0 Å². The Labute approximate surface area is 91.3 Å². The Kier molecular flexibility index (Phi) is 3.62. The Morgan fingerprint density at radius 3 is 1.81 bits per heavy atom. The summed E-state index contributed by atoms with van der Waals surface area (Å²) in [5.74, 6) is 0. The Morgan fingerprint density at radius 1 is 1.00 bits per heavy atom. The van der Waals surface area contributed by atoms with Gasteiger partial charge in [0, 0.05) is 0 Å². The molecule has 4 saturated heterocycles. The van der Waals surface area contributed by atoms with Crippen LogP contribution in [0.2, 0.25) is 0 Å². The van der Waals surface area contributed by atoms with E-state index in [1.807, 2.05) is 9.80 Å². The number of hydrogen-bond acceptors (Lipinski definition) is 7. The molecule has 4 bridgehead atoms. The maximum absolute atomic E-state index is 10.3. The van der Waals surface area contributed by atoms with Crippen LogP contribution in [0.3, 0.4) is 0 Å². The van der Waals surface area contributed by atoms with Gasteiger partial charge in [0.05, 0.1) is 33.3 Å². The van der Waals surface area contributed by atoms with Crippen LogP contribution in [-0.4, -0.2) is 75.3 Å². The molecule has 4 fully saturated rings. The first-order valence-corrected chi connectivity index (χ1v) is 4.46. The average Bonchev–Trinajstić information content (AvgIpc) is 2.09. The van der Waals surface area contributed by atoms with Gasteiger partial charge < -0.3 is 11.0 Å². The van der Waals surface area contributed by atoms with Crippen molar-refractivity contribution in [3.63, 3.8) is 0 Å². The van der Waals surface area contributed by atoms with Crippen molar-refractivity contribution in [3.05, 3.63) is 10.1 Å². The first kappa shape index (κ1) is 13.0. The molecule has 16 heavy (non-hydrogen) atoms. The highest BCUT2D eigenvalue weighted by molar-refractivity contribution is 4.83. The molecule has 0 spiro atoms. The molecule has 0 radical (unpaired) electrons. The third kappa shape index (κ3) is 1.93. The molecule has 0 saturated carbocycles. The van der Waals surface area contributed by atoms with Crippen molar-refractivity contribution < 1.29 is 20.9 Å². The third-order valence-electron chi connectivity index (χ3n) is 2.73. The van der Waals surface area contributed by atoms with E-state index >= 15 is 0 Å². The van der Waals surface area contributed by atoms with Gasteiger partial charge in [-0.1, -0.05) is 0 Å². The fraction of sp³-hybridized carbons (Fsp3) is 1.00. The van der Waals surface area contributed by atoms with Crippen LogP contribution in [0.15, 0.2) is 0 Å². The Hall–Kier alpha value is -1.04. The van der Waals surface area contributed by atoms with Crippen molar-refractivity contribution in [1.82, 2.24) is 19.6 Å². The largest absolute Gasteiger partial charge is 0.412 e. The first-order chi connectivity index (χ1) is 6.72. The molecule has 4 aliphatic heterocycles. The molecule has 4 aliphatic rings. The average molecular weight is 237 g/mol. The molecule has 0 aromatic heterocycles. The van der Waals surface area contributed by atoms with Gasteiger partial charge in [0.25, 0.3) is 5.09 Å². The van der Waals surface area contributed by atoms with Gasteiger partial charge in [-0.15, -0.1) is 10.1 Å². The molecule has 0 aromatic rings. The summed E-state index contributed by atoms with van der Waals surface area (Å²) in [6, 6.07) is 0. The zero-order valence-electron chi connectivity index (χ0n) is 8.57. The van der Waals surface area contributed by atoms with Gasteiger partial charge in [0.15, 0.2) is 0 Å². The lowest BCUT2D eigenvalue weighted by Gasteiger charge is -2.58. The lowest BCUT2D eigenvalue weighted by molar-refractivity contribution is -0.785. The Morgan fingerprint density at radius 2 is 1.44 bits per heavy atom. The van der Waals surface area contributed by atoms with Crippen LogP contribution >= 0.6 is 0 Å². The highest BCUT2D eigenvalue weighted by Gasteiger charge is 2.45. The van der Waals surface area contributed by atoms with Gasteiger partial charge in [-0.2, -0.15) is 0 Å². The second kappa shape index (κ2) is 4.45. The van der Waals surface area contributed by atoms with E-state index < -0.39 is 11.4 Å². The fourth-order valence-electron chi connectivity index (χ4n) is 2.39. The molecule has 0 amide bonds. The van der Waals surface area contributed by atoms with Gasteiger partial charge in [0.1, 0.15) is 0 Å². The van der Waals surface area contributed by atoms with Crippen LogP contribution in [0.5, 0.6) is 0 Å². The summed E-state index contributed by atoms with van der Waals surface area (Å²) in [4.78, 5) is 23.3. The summed E-state index contributed by atoms with van der Waals surface area (Å²) in [7, 11) is 0. The number of hydrogen-bond donors (Lipinski definition) is 0. The summed E-state index contributed by atoms with van der Waals surface area (Å²) >= 11 is 0. The van der Waals surface area contributed by atoms with E-state index in [-0.39, 0.29) is 11.0 Å². The molecular formula is C6H15N5O5. The minimum atomic E-state index is -0.711. The minimum absolute atomic E-state index is 0. The Balaban J connectivity index is 0.000000640. The molecule has 10 nitrogen and oxygen atoms in total. The van der Waals surface area contributed by atoms with E-state index in [0.717, 1.165) is 33.3 Å². The summed E-state index contributed by atoms with van der Waals surface area (Å²) < 4.78 is 0. The molecule has 0 aliphatic carbocycles. The van der Waals surface area contributed by atoms with Crippen LogP contribution in [0.4, 0.5) is 0 Å². The molecule has 0 atom stereocenters. The molecule has 10 heteroatoms. The van der Waals surface area contributed by atoms with E-state index in [1.165, 1.54) is 0 Å². The third-order valence-corrected chi connectivity index (χ3v) is 2.73. The SMILES string of the molecule is O.O.O=[N+]([O-])OC1N2CN3CN(C2)CN1C3. The standard InChI is InChI=1S/C6H11N5O3.2H2O/c12-11(13)14-6-9-2-7-1-8(4-9)5-10(6)3-7;;/h6H,1-5H2;2*1H2. The van der Waals surface area contributed by atoms with Crippen LogP contribution in [0.25, 0.3) is 0 Å². The highest BCUT2D eigenvalue weighted by atomic mass is 17.0. The molecule has 4 rings (SSSR count). The quantitative estimate of drug-likeness (QED) is 0.366. The van der Waals surface area contributed by atoms with Crippen molar-refractivity contribution in [3.8, 4) is 0 Å². The van der Waals surface area contributed by atoms with Gasteiger partial charge in [0.2, 0.25) is 6.35 Å². The second-order valence-electron chi connectivity index (χ2n) is 3.88. The summed E-state index contributed by atoms with van der Waals surface area (Å²) in [6.07, 6.45) is -0.488. The van der Waals surface area contributed by atoms with Crippen molar-refractivity contribution >= 4 is 0 Å². The highest BCUT2D eigenvalue weighted by Crippen LogP contribution is 2.26. The van der Waals surface area contributed by atoms with Crippen molar-refractivity contribution in [2.75, 3.05) is 33.3 Å². The topological polar surface area (TPSA) is 128 Å². The molecular weight excluding hydrogens is 222 g/mol. The van der Waals surface area contributed by atoms with Crippen molar-refractivity contribution in [2.45, 2.75) is 6.35 Å². The molecule has 0 unspecified atom stereocenters. The summed E-state index contributed by atoms with van der Waals surface area (Å²) in [5, 5.41) is 9.58. The van der Waals surface area contributed by atoms with Crippen LogP contribution < -0.4 is 0 Å². The first-order valence-electron chi connectivity index (χ1n) is 4.46. The van der Waals surface area contributed by atoms with Crippen LogP contribution in [-0.2, 0) is 4.84 Å². The smallest absolute Gasteiger partial charge is 0.297 e. The van der Waals surface area contributed by atoms with E-state index in [1.54, 1.807) is 0 Å². The van der Waals surface area contributed by atoms with Crippen molar-refractivity contribution in [2.24, 2.45) is 0 Å². The van der Waals surface area contributed by atoms with E-state index in [4.69, 9.17) is 0 Å². The van der Waals surface area contributed by atoms with Crippen LogP contribution in [0.1, 0.15) is 0 Å². The number of nitrogens with zero attached hydrogens (tertiary/aromatic N) is 5. The van der Waals surface area contributed by atoms with Gasteiger partial charge in [-0.3, -0.25) is 14.6 Å². The van der Waals surface area contributed by atoms with Gasteiger partial charge in [-0.05, 0) is 0 Å². The predicted octanol–water partition coefficient (Wildman–Crippen LogP) is -3.13. The maximum atomic E-state index is 10.3. The second-order valence-corrected chi connectivity index (χ2v) is 3.88. The lowest BCUT2D eigenvalue weighted by atomic mass is 10.3. The molecule has 94 valence electrons. The minimum Gasteiger partial charge on any atom is -0.412 e. The lowest BCUT2D eigenvalue weighted by Crippen LogP contribution is -2.76. The summed E-state index contributed by atoms with van der Waals surface area (Å²) in [5.41, 5.74) is 0. The van der Waals surface area contributed by atoms with Gasteiger partial charge in [-0.25, -0.2) is 9.80 Å². The maximum Gasteiger partial charge on any atom is 0.297 e. The fourth-order valence-corrected chi connectivity index (χ4v) is 2.39. The summed E-state index contributed by atoms with van der Waals surface area (Å²) in [6.45, 7) is 3.98. The van der Waals surface area contributed by atoms with Gasteiger partial charge >= 0.3 is 0 Å². The van der Waals surface area contributed by atoms with E-state index in [2.05, 4.69) is 14.6 Å². The van der Waals surface area contributed by atoms with Crippen molar-refractivity contribution in [1.29, 1.82) is 0 Å². The Bertz CT molecular complexity index is 248. The molecule has 0 aromatic carbocycles. The monoisotopic (exact) mass is 237 g/mol. The normalized spacial score (nSPS) is 43.1. The molecule has 4 N–H and O–H groups in total. The zero-order valence-corrected chi connectivity index (χ0v) is 8.57.